The molecule has 0 unspecified atom stereocenters. The quantitative estimate of drug-likeness (QED) is 0.595. The second-order valence-corrected chi connectivity index (χ2v) is 5.63. The first-order chi connectivity index (χ1) is 12.6. The van der Waals surface area contributed by atoms with E-state index < -0.39 is 17.5 Å². The predicted molar refractivity (Wildman–Crippen MR) is 94.0 cm³/mol. The summed E-state index contributed by atoms with van der Waals surface area (Å²) in [5.74, 6) is -1.76. The first-order valence-electron chi connectivity index (χ1n) is 8.01. The van der Waals surface area contributed by atoms with Gasteiger partial charge in [0.15, 0.2) is 11.6 Å². The van der Waals surface area contributed by atoms with E-state index in [4.69, 9.17) is 4.74 Å². The highest BCUT2D eigenvalue weighted by molar-refractivity contribution is 5.41. The van der Waals surface area contributed by atoms with Crippen LogP contribution < -0.4 is 15.6 Å². The summed E-state index contributed by atoms with van der Waals surface area (Å²) in [6.07, 6.45) is 0. The van der Waals surface area contributed by atoms with Crippen LogP contribution in [-0.2, 0) is 13.2 Å². The van der Waals surface area contributed by atoms with Crippen molar-refractivity contribution in [2.75, 3.05) is 5.43 Å². The number of hydrogen-bond donors (Lipinski definition) is 2. The molecule has 6 heteroatoms. The van der Waals surface area contributed by atoms with Crippen molar-refractivity contribution >= 4 is 5.69 Å². The van der Waals surface area contributed by atoms with Crippen LogP contribution in [0.3, 0.4) is 0 Å². The van der Waals surface area contributed by atoms with E-state index in [0.29, 0.717) is 12.1 Å². The van der Waals surface area contributed by atoms with Crippen molar-refractivity contribution < 1.29 is 17.9 Å². The maximum Gasteiger partial charge on any atom is 0.165 e. The van der Waals surface area contributed by atoms with E-state index in [1.165, 1.54) is 12.1 Å². The van der Waals surface area contributed by atoms with Gasteiger partial charge in [0.05, 0.1) is 0 Å². The van der Waals surface area contributed by atoms with Gasteiger partial charge in [-0.2, -0.15) is 0 Å². The van der Waals surface area contributed by atoms with Gasteiger partial charge in [0.2, 0.25) is 0 Å². The van der Waals surface area contributed by atoms with Crippen LogP contribution in [0.1, 0.15) is 11.1 Å². The third kappa shape index (κ3) is 4.77. The second kappa shape index (κ2) is 8.40. The minimum atomic E-state index is -0.598. The Hall–Kier alpha value is -2.99. The van der Waals surface area contributed by atoms with Crippen LogP contribution in [0.4, 0.5) is 18.9 Å². The van der Waals surface area contributed by atoms with Gasteiger partial charge in [0.1, 0.15) is 18.2 Å². The second-order valence-electron chi connectivity index (χ2n) is 5.63. The van der Waals surface area contributed by atoms with Gasteiger partial charge in [-0.15, -0.1) is 0 Å². The van der Waals surface area contributed by atoms with E-state index in [1.807, 2.05) is 30.3 Å². The van der Waals surface area contributed by atoms with Gasteiger partial charge in [0.25, 0.3) is 0 Å². The van der Waals surface area contributed by atoms with Gasteiger partial charge in [-0.3, -0.25) is 0 Å². The largest absolute Gasteiger partial charge is 0.486 e. The zero-order valence-corrected chi connectivity index (χ0v) is 13.8. The van der Waals surface area contributed by atoms with Crippen LogP contribution in [-0.4, -0.2) is 0 Å². The van der Waals surface area contributed by atoms with E-state index in [9.17, 15) is 13.2 Å². The summed E-state index contributed by atoms with van der Waals surface area (Å²) in [6.45, 7) is 0.137. The summed E-state index contributed by atoms with van der Waals surface area (Å²) < 4.78 is 46.1. The summed E-state index contributed by atoms with van der Waals surface area (Å²) in [5.41, 5.74) is 7.62. The molecule has 26 heavy (non-hydrogen) atoms. The SMILES string of the molecule is Fc1ccc(F)c(COc2ccc(CNNc3ccccc3)cc2F)c1. The summed E-state index contributed by atoms with van der Waals surface area (Å²) in [5, 5.41) is 0. The molecule has 0 saturated heterocycles. The number of ether oxygens (including phenoxy) is 1. The van der Waals surface area contributed by atoms with Crippen LogP contribution in [0.15, 0.2) is 66.7 Å². The Morgan fingerprint density at radius 1 is 0.808 bits per heavy atom. The Morgan fingerprint density at radius 2 is 1.62 bits per heavy atom. The average molecular weight is 358 g/mol. The fourth-order valence-electron chi connectivity index (χ4n) is 2.35. The molecular weight excluding hydrogens is 341 g/mol. The summed E-state index contributed by atoms with van der Waals surface area (Å²) >= 11 is 0. The van der Waals surface area contributed by atoms with E-state index in [2.05, 4.69) is 10.9 Å². The molecule has 0 saturated carbocycles. The summed E-state index contributed by atoms with van der Waals surface area (Å²) in [6, 6.07) is 17.1. The van der Waals surface area contributed by atoms with Gasteiger partial charge in [0, 0.05) is 17.8 Å². The Balaban J connectivity index is 1.56. The fraction of sp³-hybridized carbons (Fsp3) is 0.100. The molecule has 2 N–H and O–H groups in total. The highest BCUT2D eigenvalue weighted by Gasteiger charge is 2.08. The van der Waals surface area contributed by atoms with Crippen molar-refractivity contribution in [3.63, 3.8) is 0 Å². The van der Waals surface area contributed by atoms with E-state index in [0.717, 1.165) is 23.9 Å². The number of nitrogens with one attached hydrogen (secondary N) is 2. The monoisotopic (exact) mass is 358 g/mol. The lowest BCUT2D eigenvalue weighted by atomic mass is 10.2. The third-order valence-corrected chi connectivity index (χ3v) is 3.69. The molecule has 3 rings (SSSR count). The van der Waals surface area contributed by atoms with Crippen LogP contribution in [0.25, 0.3) is 0 Å². The summed E-state index contributed by atoms with van der Waals surface area (Å²) in [4.78, 5) is 0. The van der Waals surface area contributed by atoms with Crippen LogP contribution in [0.2, 0.25) is 0 Å². The molecule has 3 aromatic carbocycles. The smallest absolute Gasteiger partial charge is 0.165 e. The van der Waals surface area contributed by atoms with Gasteiger partial charge in [-0.05, 0) is 48.0 Å². The topological polar surface area (TPSA) is 33.3 Å². The van der Waals surface area contributed by atoms with Crippen LogP contribution >= 0.6 is 0 Å². The Labute approximate surface area is 149 Å². The lowest BCUT2D eigenvalue weighted by Crippen LogP contribution is -2.20. The molecule has 0 spiro atoms. The number of para-hydroxylation sites is 1. The Bertz CT molecular complexity index is 872. The highest BCUT2D eigenvalue weighted by atomic mass is 19.1. The molecule has 0 aromatic heterocycles. The minimum absolute atomic E-state index is 0.0200. The van der Waals surface area contributed by atoms with Crippen LogP contribution in [0, 0.1) is 17.5 Å². The van der Waals surface area contributed by atoms with Gasteiger partial charge < -0.3 is 10.2 Å². The Kier molecular flexibility index (Phi) is 5.76. The third-order valence-electron chi connectivity index (χ3n) is 3.69. The molecule has 0 atom stereocenters. The number of hydrazine groups is 1. The first-order valence-corrected chi connectivity index (χ1v) is 8.01. The van der Waals surface area contributed by atoms with Crippen molar-refractivity contribution in [2.24, 2.45) is 0 Å². The van der Waals surface area contributed by atoms with Crippen molar-refractivity contribution in [3.8, 4) is 5.75 Å². The number of hydrogen-bond acceptors (Lipinski definition) is 3. The Morgan fingerprint density at radius 3 is 2.38 bits per heavy atom. The van der Waals surface area contributed by atoms with Crippen LogP contribution in [0.5, 0.6) is 5.75 Å². The average Bonchev–Trinajstić information content (AvgIpc) is 2.64. The minimum Gasteiger partial charge on any atom is -0.486 e. The molecule has 0 fully saturated rings. The number of halogens is 3. The zero-order valence-electron chi connectivity index (χ0n) is 13.8. The maximum atomic E-state index is 14.1. The molecule has 3 nitrogen and oxygen atoms in total. The first kappa shape index (κ1) is 17.8. The fourth-order valence-corrected chi connectivity index (χ4v) is 2.35. The number of benzene rings is 3. The van der Waals surface area contributed by atoms with E-state index >= 15 is 0 Å². The van der Waals surface area contributed by atoms with Gasteiger partial charge >= 0.3 is 0 Å². The molecule has 134 valence electrons. The number of anilines is 1. The molecular formula is C20H17F3N2O. The standard InChI is InChI=1S/C20H17F3N2O/c21-16-7-8-18(22)15(11-16)13-26-20-9-6-14(10-19(20)23)12-24-25-17-4-2-1-3-5-17/h1-11,24-25H,12-13H2. The molecule has 0 aliphatic heterocycles. The highest BCUT2D eigenvalue weighted by Crippen LogP contribution is 2.21. The molecule has 0 amide bonds. The van der Waals surface area contributed by atoms with Gasteiger partial charge in [-0.1, -0.05) is 24.3 Å². The zero-order chi connectivity index (χ0) is 18.4. The van der Waals surface area contributed by atoms with Crippen molar-refractivity contribution in [3.05, 3.63) is 95.3 Å². The lowest BCUT2D eigenvalue weighted by Gasteiger charge is -2.11. The molecule has 0 aliphatic carbocycles. The van der Waals surface area contributed by atoms with E-state index in [1.54, 1.807) is 6.07 Å². The normalized spacial score (nSPS) is 10.6. The van der Waals surface area contributed by atoms with Crippen molar-refractivity contribution in [2.45, 2.75) is 13.2 Å². The number of rotatable bonds is 7. The van der Waals surface area contributed by atoms with Gasteiger partial charge in [-0.25, -0.2) is 18.6 Å². The lowest BCUT2D eigenvalue weighted by molar-refractivity contribution is 0.284. The molecule has 0 bridgehead atoms. The summed E-state index contributed by atoms with van der Waals surface area (Å²) in [7, 11) is 0. The molecule has 0 aliphatic rings. The van der Waals surface area contributed by atoms with E-state index in [-0.39, 0.29) is 17.9 Å². The predicted octanol–water partition coefficient (Wildman–Crippen LogP) is 4.80. The molecule has 0 radical (unpaired) electrons. The van der Waals surface area contributed by atoms with Crippen molar-refractivity contribution in [1.82, 2.24) is 5.43 Å². The molecule has 0 heterocycles. The molecule has 3 aromatic rings. The van der Waals surface area contributed by atoms with Crippen molar-refractivity contribution in [1.29, 1.82) is 0 Å². The maximum absolute atomic E-state index is 14.1.